The second-order valence-electron chi connectivity index (χ2n) is 6.89. The van der Waals surface area contributed by atoms with Gasteiger partial charge in [0, 0.05) is 5.69 Å². The molecule has 5 nitrogen and oxygen atoms in total. The van der Waals surface area contributed by atoms with Gasteiger partial charge in [-0.1, -0.05) is 48.0 Å². The number of benzene rings is 3. The third kappa shape index (κ3) is 4.55. The summed E-state index contributed by atoms with van der Waals surface area (Å²) in [6, 6.07) is 22.0. The molecule has 4 rings (SSSR count). The molecule has 0 saturated carbocycles. The number of ether oxygens (including phenoxy) is 1. The molecule has 1 aliphatic heterocycles. The number of para-hydroxylation sites is 2. The van der Waals surface area contributed by atoms with Crippen LogP contribution in [-0.2, 0) is 4.79 Å². The van der Waals surface area contributed by atoms with Gasteiger partial charge in [-0.3, -0.25) is 14.5 Å². The molecule has 1 aliphatic rings. The van der Waals surface area contributed by atoms with Crippen LogP contribution < -0.4 is 15.0 Å². The molecule has 0 bridgehead atoms. The van der Waals surface area contributed by atoms with Gasteiger partial charge in [0.2, 0.25) is 5.91 Å². The summed E-state index contributed by atoms with van der Waals surface area (Å²) in [6.45, 7) is 2.43. The lowest BCUT2D eigenvalue weighted by atomic mass is 10.1. The first-order valence-corrected chi connectivity index (χ1v) is 11.3. The Labute approximate surface area is 190 Å². The average molecular weight is 453 g/mol. The zero-order valence-electron chi connectivity index (χ0n) is 16.9. The SMILES string of the molecule is CCOc1ccccc1N1C(=O)CS[C@H]1c1cccc(NC(=O)c2ccccc2Cl)c1. The Balaban J connectivity index is 1.62. The summed E-state index contributed by atoms with van der Waals surface area (Å²) in [6.07, 6.45) is 0. The number of halogens is 1. The summed E-state index contributed by atoms with van der Waals surface area (Å²) < 4.78 is 5.75. The van der Waals surface area contributed by atoms with Gasteiger partial charge in [0.05, 0.1) is 28.6 Å². The van der Waals surface area contributed by atoms with Crippen LogP contribution in [0.15, 0.2) is 72.8 Å². The number of thioether (sulfide) groups is 1. The minimum Gasteiger partial charge on any atom is -0.492 e. The fraction of sp³-hybridized carbons (Fsp3) is 0.167. The van der Waals surface area contributed by atoms with Crippen molar-refractivity contribution in [1.82, 2.24) is 0 Å². The fourth-order valence-corrected chi connectivity index (χ4v) is 4.86. The third-order valence-corrected chi connectivity index (χ3v) is 6.38. The number of nitrogens with zero attached hydrogens (tertiary/aromatic N) is 1. The Morgan fingerprint density at radius 3 is 2.71 bits per heavy atom. The molecule has 0 radical (unpaired) electrons. The molecule has 1 saturated heterocycles. The van der Waals surface area contributed by atoms with E-state index in [-0.39, 0.29) is 17.2 Å². The van der Waals surface area contributed by atoms with Crippen LogP contribution in [0.5, 0.6) is 5.75 Å². The van der Waals surface area contributed by atoms with E-state index in [1.165, 1.54) is 0 Å². The van der Waals surface area contributed by atoms with Gasteiger partial charge in [-0.15, -0.1) is 11.8 Å². The lowest BCUT2D eigenvalue weighted by Crippen LogP contribution is -2.28. The van der Waals surface area contributed by atoms with Gasteiger partial charge in [-0.25, -0.2) is 0 Å². The third-order valence-electron chi connectivity index (χ3n) is 4.84. The van der Waals surface area contributed by atoms with Gasteiger partial charge in [-0.2, -0.15) is 0 Å². The van der Waals surface area contributed by atoms with E-state index in [0.29, 0.717) is 34.4 Å². The highest BCUT2D eigenvalue weighted by Crippen LogP contribution is 2.45. The van der Waals surface area contributed by atoms with Gasteiger partial charge in [0.25, 0.3) is 5.91 Å². The molecule has 7 heteroatoms. The van der Waals surface area contributed by atoms with E-state index in [4.69, 9.17) is 16.3 Å². The molecule has 1 heterocycles. The van der Waals surface area contributed by atoms with Crippen molar-refractivity contribution in [1.29, 1.82) is 0 Å². The van der Waals surface area contributed by atoms with Crippen LogP contribution in [0.25, 0.3) is 0 Å². The Bertz CT molecular complexity index is 1120. The molecule has 3 aromatic rings. The number of amides is 2. The lowest BCUT2D eigenvalue weighted by molar-refractivity contribution is -0.115. The molecule has 1 atom stereocenters. The summed E-state index contributed by atoms with van der Waals surface area (Å²) in [7, 11) is 0. The maximum Gasteiger partial charge on any atom is 0.257 e. The van der Waals surface area contributed by atoms with Crippen molar-refractivity contribution < 1.29 is 14.3 Å². The molecule has 1 fully saturated rings. The van der Waals surface area contributed by atoms with Gasteiger partial charge < -0.3 is 10.1 Å². The van der Waals surface area contributed by atoms with E-state index < -0.39 is 0 Å². The number of hydrogen-bond donors (Lipinski definition) is 1. The minimum absolute atomic E-state index is 0.0210. The van der Waals surface area contributed by atoms with Crippen LogP contribution in [0.2, 0.25) is 5.02 Å². The van der Waals surface area contributed by atoms with Crippen molar-refractivity contribution >= 4 is 46.6 Å². The average Bonchev–Trinajstić information content (AvgIpc) is 3.16. The number of carbonyl (C=O) groups excluding carboxylic acids is 2. The van der Waals surface area contributed by atoms with Crippen LogP contribution in [-0.4, -0.2) is 24.2 Å². The largest absolute Gasteiger partial charge is 0.492 e. The predicted molar refractivity (Wildman–Crippen MR) is 126 cm³/mol. The minimum atomic E-state index is -0.281. The zero-order valence-corrected chi connectivity index (χ0v) is 18.5. The van der Waals surface area contributed by atoms with Gasteiger partial charge in [0.1, 0.15) is 11.1 Å². The van der Waals surface area contributed by atoms with Crippen molar-refractivity contribution in [3.8, 4) is 5.75 Å². The molecule has 2 amide bonds. The Hall–Kier alpha value is -2.96. The number of nitrogens with one attached hydrogen (secondary N) is 1. The molecule has 158 valence electrons. The van der Waals surface area contributed by atoms with Crippen molar-refractivity contribution in [3.63, 3.8) is 0 Å². The van der Waals surface area contributed by atoms with E-state index in [2.05, 4.69) is 5.32 Å². The lowest BCUT2D eigenvalue weighted by Gasteiger charge is -2.26. The summed E-state index contributed by atoms with van der Waals surface area (Å²) in [4.78, 5) is 27.2. The van der Waals surface area contributed by atoms with Crippen molar-refractivity contribution in [2.24, 2.45) is 0 Å². The summed E-state index contributed by atoms with van der Waals surface area (Å²) in [5.41, 5.74) is 2.71. The molecule has 0 aromatic heterocycles. The highest BCUT2D eigenvalue weighted by Gasteiger charge is 2.35. The number of hydrogen-bond acceptors (Lipinski definition) is 4. The Morgan fingerprint density at radius 2 is 1.90 bits per heavy atom. The van der Waals surface area contributed by atoms with E-state index in [1.54, 1.807) is 40.9 Å². The Kier molecular flexibility index (Phi) is 6.49. The second kappa shape index (κ2) is 9.45. The van der Waals surface area contributed by atoms with Crippen LogP contribution in [0.1, 0.15) is 28.2 Å². The van der Waals surface area contributed by atoms with Crippen LogP contribution in [0.3, 0.4) is 0 Å². The zero-order chi connectivity index (χ0) is 21.8. The number of rotatable bonds is 6. The summed E-state index contributed by atoms with van der Waals surface area (Å²) >= 11 is 7.69. The molecule has 0 aliphatic carbocycles. The smallest absolute Gasteiger partial charge is 0.257 e. The number of anilines is 2. The van der Waals surface area contributed by atoms with Crippen molar-refractivity contribution in [2.45, 2.75) is 12.3 Å². The van der Waals surface area contributed by atoms with Crippen LogP contribution in [0, 0.1) is 0 Å². The molecule has 31 heavy (non-hydrogen) atoms. The first-order valence-electron chi connectivity index (χ1n) is 9.90. The normalized spacial score (nSPS) is 15.7. The van der Waals surface area contributed by atoms with Gasteiger partial charge in [0.15, 0.2) is 0 Å². The monoisotopic (exact) mass is 452 g/mol. The van der Waals surface area contributed by atoms with E-state index in [1.807, 2.05) is 55.5 Å². The topological polar surface area (TPSA) is 58.6 Å². The van der Waals surface area contributed by atoms with E-state index in [0.717, 1.165) is 11.3 Å². The van der Waals surface area contributed by atoms with Gasteiger partial charge in [-0.05, 0) is 48.9 Å². The quantitative estimate of drug-likeness (QED) is 0.515. The standard InChI is InChI=1S/C24H21ClN2O3S/c1-2-30-21-13-6-5-12-20(21)27-22(28)15-31-24(27)16-8-7-9-17(14-16)26-23(29)18-10-3-4-11-19(18)25/h3-14,24H,2,15H2,1H3,(H,26,29)/t24-/m0/s1. The Morgan fingerprint density at radius 1 is 1.13 bits per heavy atom. The molecular weight excluding hydrogens is 432 g/mol. The molecular formula is C24H21ClN2O3S. The van der Waals surface area contributed by atoms with Crippen molar-refractivity contribution in [2.75, 3.05) is 22.6 Å². The molecule has 0 unspecified atom stereocenters. The summed E-state index contributed by atoms with van der Waals surface area (Å²) in [5, 5.41) is 3.08. The molecule has 0 spiro atoms. The molecule has 3 aromatic carbocycles. The van der Waals surface area contributed by atoms with E-state index in [9.17, 15) is 9.59 Å². The molecule has 1 N–H and O–H groups in total. The first kappa shape index (κ1) is 21.3. The van der Waals surface area contributed by atoms with Crippen LogP contribution >= 0.6 is 23.4 Å². The maximum absolute atomic E-state index is 12.8. The highest BCUT2D eigenvalue weighted by molar-refractivity contribution is 8.00. The van der Waals surface area contributed by atoms with Crippen molar-refractivity contribution in [3.05, 3.63) is 88.9 Å². The van der Waals surface area contributed by atoms with Gasteiger partial charge >= 0.3 is 0 Å². The summed E-state index contributed by atoms with van der Waals surface area (Å²) in [5.74, 6) is 0.791. The van der Waals surface area contributed by atoms with Crippen LogP contribution in [0.4, 0.5) is 11.4 Å². The number of carbonyl (C=O) groups is 2. The first-order chi connectivity index (χ1) is 15.1. The second-order valence-corrected chi connectivity index (χ2v) is 8.36. The maximum atomic E-state index is 12.8. The van der Waals surface area contributed by atoms with E-state index >= 15 is 0 Å². The fourth-order valence-electron chi connectivity index (χ4n) is 3.48. The highest BCUT2D eigenvalue weighted by atomic mass is 35.5. The predicted octanol–water partition coefficient (Wildman–Crippen LogP) is 5.77.